The predicted molar refractivity (Wildman–Crippen MR) is 78.5 cm³/mol. The minimum absolute atomic E-state index is 0.0137. The summed E-state index contributed by atoms with van der Waals surface area (Å²) in [7, 11) is 2.17. The van der Waals surface area contributed by atoms with Crippen molar-refractivity contribution in [1.82, 2.24) is 9.80 Å². The van der Waals surface area contributed by atoms with Crippen molar-refractivity contribution in [3.05, 3.63) is 29.8 Å². The first kappa shape index (κ1) is 14.3. The molecule has 2 N–H and O–H groups in total. The number of benzene rings is 1. The van der Waals surface area contributed by atoms with Gasteiger partial charge in [0.2, 0.25) is 0 Å². The number of piperazine rings is 1. The second kappa shape index (κ2) is 6.89. The Bertz CT molecular complexity index is 387. The predicted octanol–water partition coefficient (Wildman–Crippen LogP) is 1.33. The molecule has 0 spiro atoms. The molecule has 0 aromatic heterocycles. The number of likely N-dealkylation sites (N-methyl/N-ethyl adjacent to an activating group) is 1. The van der Waals surface area contributed by atoms with Gasteiger partial charge >= 0.3 is 0 Å². The zero-order chi connectivity index (χ0) is 13.7. The third-order valence-corrected chi connectivity index (χ3v) is 3.67. The third kappa shape index (κ3) is 4.20. The highest BCUT2D eigenvalue weighted by Gasteiger charge is 2.13. The molecule has 1 fully saturated rings. The van der Waals surface area contributed by atoms with E-state index in [1.807, 2.05) is 31.2 Å². The van der Waals surface area contributed by atoms with Crippen LogP contribution in [-0.4, -0.2) is 56.2 Å². The van der Waals surface area contributed by atoms with Gasteiger partial charge in [-0.2, -0.15) is 0 Å². The number of nitrogens with two attached hydrogens (primary N) is 1. The quantitative estimate of drug-likeness (QED) is 0.870. The minimum atomic E-state index is 0.0137. The average Bonchev–Trinajstić information content (AvgIpc) is 2.41. The second-order valence-corrected chi connectivity index (χ2v) is 5.32. The lowest BCUT2D eigenvalue weighted by Crippen LogP contribution is -2.45. The van der Waals surface area contributed by atoms with E-state index in [4.69, 9.17) is 10.5 Å². The monoisotopic (exact) mass is 263 g/mol. The maximum atomic E-state index is 5.95. The second-order valence-electron chi connectivity index (χ2n) is 5.32. The number of nitrogens with zero attached hydrogens (tertiary/aromatic N) is 2. The summed E-state index contributed by atoms with van der Waals surface area (Å²) >= 11 is 0. The first-order chi connectivity index (χ1) is 9.16. The van der Waals surface area contributed by atoms with Gasteiger partial charge in [-0.05, 0) is 20.0 Å². The lowest BCUT2D eigenvalue weighted by molar-refractivity contribution is 0.133. The van der Waals surface area contributed by atoms with Gasteiger partial charge in [0.25, 0.3) is 0 Å². The largest absolute Gasteiger partial charge is 0.492 e. The Morgan fingerprint density at radius 2 is 1.89 bits per heavy atom. The normalized spacial score (nSPS) is 19.3. The van der Waals surface area contributed by atoms with Gasteiger partial charge in [0.15, 0.2) is 0 Å². The molecule has 2 rings (SSSR count). The number of hydrogen-bond donors (Lipinski definition) is 1. The highest BCUT2D eigenvalue weighted by Crippen LogP contribution is 2.23. The van der Waals surface area contributed by atoms with E-state index in [2.05, 4.69) is 16.8 Å². The van der Waals surface area contributed by atoms with Crippen molar-refractivity contribution in [2.75, 3.05) is 46.4 Å². The molecule has 0 saturated carbocycles. The van der Waals surface area contributed by atoms with Crippen molar-refractivity contribution in [1.29, 1.82) is 0 Å². The Morgan fingerprint density at radius 1 is 1.21 bits per heavy atom. The van der Waals surface area contributed by atoms with E-state index in [0.717, 1.165) is 50.6 Å². The molecule has 1 aliphatic rings. The standard InChI is InChI=1S/C15H25N3O/c1-13(16)14-5-3-4-6-15(14)19-12-11-18-9-7-17(2)8-10-18/h3-6,13H,7-12,16H2,1-2H3/t13-/m0/s1. The summed E-state index contributed by atoms with van der Waals surface area (Å²) < 4.78 is 5.89. The van der Waals surface area contributed by atoms with Gasteiger partial charge in [-0.3, -0.25) is 4.90 Å². The molecule has 0 bridgehead atoms. The van der Waals surface area contributed by atoms with Crippen LogP contribution in [0, 0.1) is 0 Å². The van der Waals surface area contributed by atoms with E-state index in [1.54, 1.807) is 0 Å². The Morgan fingerprint density at radius 3 is 2.58 bits per heavy atom. The van der Waals surface area contributed by atoms with Gasteiger partial charge in [-0.25, -0.2) is 0 Å². The summed E-state index contributed by atoms with van der Waals surface area (Å²) in [6, 6.07) is 8.06. The van der Waals surface area contributed by atoms with Gasteiger partial charge in [-0.15, -0.1) is 0 Å². The van der Waals surface area contributed by atoms with Crippen LogP contribution in [0.25, 0.3) is 0 Å². The van der Waals surface area contributed by atoms with Crippen molar-refractivity contribution >= 4 is 0 Å². The third-order valence-electron chi connectivity index (χ3n) is 3.67. The average molecular weight is 263 g/mol. The maximum absolute atomic E-state index is 5.95. The van der Waals surface area contributed by atoms with Crippen LogP contribution in [0.4, 0.5) is 0 Å². The summed E-state index contributed by atoms with van der Waals surface area (Å²) in [6.45, 7) is 8.27. The molecule has 0 amide bonds. The first-order valence-electron chi connectivity index (χ1n) is 7.05. The molecule has 1 aromatic carbocycles. The molecule has 1 aliphatic heterocycles. The van der Waals surface area contributed by atoms with E-state index >= 15 is 0 Å². The Balaban J connectivity index is 1.79. The number of ether oxygens (including phenoxy) is 1. The van der Waals surface area contributed by atoms with Gasteiger partial charge < -0.3 is 15.4 Å². The molecule has 1 atom stereocenters. The fraction of sp³-hybridized carbons (Fsp3) is 0.600. The van der Waals surface area contributed by atoms with Gasteiger partial charge in [0.05, 0.1) is 0 Å². The Hall–Kier alpha value is -1.10. The molecule has 4 heteroatoms. The molecule has 19 heavy (non-hydrogen) atoms. The van der Waals surface area contributed by atoms with Crippen molar-refractivity contribution in [3.63, 3.8) is 0 Å². The summed E-state index contributed by atoms with van der Waals surface area (Å²) in [5.41, 5.74) is 7.03. The molecular weight excluding hydrogens is 238 g/mol. The van der Waals surface area contributed by atoms with Crippen LogP contribution in [-0.2, 0) is 0 Å². The molecule has 1 saturated heterocycles. The molecule has 4 nitrogen and oxygen atoms in total. The summed E-state index contributed by atoms with van der Waals surface area (Å²) in [4.78, 5) is 4.82. The molecule has 1 heterocycles. The zero-order valence-corrected chi connectivity index (χ0v) is 12.0. The van der Waals surface area contributed by atoms with Gasteiger partial charge in [-0.1, -0.05) is 18.2 Å². The van der Waals surface area contributed by atoms with Crippen LogP contribution in [0.1, 0.15) is 18.5 Å². The fourth-order valence-electron chi connectivity index (χ4n) is 2.34. The Labute approximate surface area is 116 Å². The highest BCUT2D eigenvalue weighted by molar-refractivity contribution is 5.35. The van der Waals surface area contributed by atoms with E-state index in [0.29, 0.717) is 0 Å². The van der Waals surface area contributed by atoms with Crippen LogP contribution in [0.3, 0.4) is 0 Å². The zero-order valence-electron chi connectivity index (χ0n) is 12.0. The van der Waals surface area contributed by atoms with Gasteiger partial charge in [0.1, 0.15) is 12.4 Å². The topological polar surface area (TPSA) is 41.7 Å². The van der Waals surface area contributed by atoms with E-state index < -0.39 is 0 Å². The first-order valence-corrected chi connectivity index (χ1v) is 7.05. The van der Waals surface area contributed by atoms with Crippen LogP contribution < -0.4 is 10.5 Å². The van der Waals surface area contributed by atoms with Gasteiger partial charge in [0, 0.05) is 44.3 Å². The van der Waals surface area contributed by atoms with Crippen molar-refractivity contribution in [2.45, 2.75) is 13.0 Å². The lowest BCUT2D eigenvalue weighted by atomic mass is 10.1. The van der Waals surface area contributed by atoms with E-state index in [1.165, 1.54) is 0 Å². The maximum Gasteiger partial charge on any atom is 0.124 e. The summed E-state index contributed by atoms with van der Waals surface area (Å²) in [5.74, 6) is 0.923. The van der Waals surface area contributed by atoms with Crippen molar-refractivity contribution in [2.24, 2.45) is 5.73 Å². The summed E-state index contributed by atoms with van der Waals surface area (Å²) in [6.07, 6.45) is 0. The SMILES string of the molecule is C[C@H](N)c1ccccc1OCCN1CCN(C)CC1. The van der Waals surface area contributed by atoms with E-state index in [9.17, 15) is 0 Å². The van der Waals surface area contributed by atoms with Crippen LogP contribution in [0.2, 0.25) is 0 Å². The summed E-state index contributed by atoms with van der Waals surface area (Å²) in [5, 5.41) is 0. The van der Waals surface area contributed by atoms with E-state index in [-0.39, 0.29) is 6.04 Å². The molecule has 1 aromatic rings. The van der Waals surface area contributed by atoms with Crippen LogP contribution in [0.15, 0.2) is 24.3 Å². The number of hydrogen-bond acceptors (Lipinski definition) is 4. The minimum Gasteiger partial charge on any atom is -0.492 e. The number of para-hydroxylation sites is 1. The van der Waals surface area contributed by atoms with Crippen LogP contribution >= 0.6 is 0 Å². The lowest BCUT2D eigenvalue weighted by Gasteiger charge is -2.32. The molecule has 0 aliphatic carbocycles. The number of rotatable bonds is 5. The smallest absolute Gasteiger partial charge is 0.124 e. The molecular formula is C15H25N3O. The Kier molecular flexibility index (Phi) is 5.19. The molecule has 106 valence electrons. The van der Waals surface area contributed by atoms with Crippen molar-refractivity contribution in [3.8, 4) is 5.75 Å². The molecule has 0 unspecified atom stereocenters. The van der Waals surface area contributed by atoms with Crippen molar-refractivity contribution < 1.29 is 4.74 Å². The van der Waals surface area contributed by atoms with Crippen LogP contribution in [0.5, 0.6) is 5.75 Å². The molecule has 0 radical (unpaired) electrons. The highest BCUT2D eigenvalue weighted by atomic mass is 16.5. The fourth-order valence-corrected chi connectivity index (χ4v) is 2.34.